The first-order valence-corrected chi connectivity index (χ1v) is 8.86. The number of rotatable bonds is 4. The summed E-state index contributed by atoms with van der Waals surface area (Å²) in [5.74, 6) is -1.34. The predicted octanol–water partition coefficient (Wildman–Crippen LogP) is 2.56. The summed E-state index contributed by atoms with van der Waals surface area (Å²) in [6.07, 6.45) is 0.640. The summed E-state index contributed by atoms with van der Waals surface area (Å²) in [5.41, 5.74) is 0.395. The highest BCUT2D eigenvalue weighted by molar-refractivity contribution is 9.10. The lowest BCUT2D eigenvalue weighted by molar-refractivity contribution is -0.142. The monoisotopic (exact) mass is 396 g/mol. The molecular formula is C12H14BrClN2O4S. The topological polar surface area (TPSA) is 86.7 Å². The molecule has 9 heteroatoms. The van der Waals surface area contributed by atoms with E-state index in [1.54, 1.807) is 18.2 Å². The number of anilines is 1. The van der Waals surface area contributed by atoms with Crippen LogP contribution in [-0.2, 0) is 15.0 Å². The quantitative estimate of drug-likeness (QED) is 0.817. The van der Waals surface area contributed by atoms with E-state index in [0.29, 0.717) is 28.0 Å². The Labute approximate surface area is 136 Å². The van der Waals surface area contributed by atoms with Gasteiger partial charge in [0.15, 0.2) is 0 Å². The van der Waals surface area contributed by atoms with Crippen LogP contribution in [0.3, 0.4) is 0 Å². The number of carboxylic acids is 1. The number of benzene rings is 1. The van der Waals surface area contributed by atoms with Gasteiger partial charge in [0.05, 0.1) is 16.6 Å². The Balaban J connectivity index is 2.05. The average Bonchev–Trinajstić information content (AvgIpc) is 2.43. The first-order valence-electron chi connectivity index (χ1n) is 6.25. The van der Waals surface area contributed by atoms with Crippen LogP contribution in [0.2, 0.25) is 5.02 Å². The lowest BCUT2D eigenvalue weighted by atomic mass is 9.99. The summed E-state index contributed by atoms with van der Waals surface area (Å²) in [4.78, 5) is 10.9. The Kier molecular flexibility index (Phi) is 5.13. The molecule has 1 heterocycles. The predicted molar refractivity (Wildman–Crippen MR) is 83.6 cm³/mol. The molecule has 0 radical (unpaired) electrons. The first-order chi connectivity index (χ1) is 9.79. The van der Waals surface area contributed by atoms with E-state index in [1.165, 1.54) is 4.31 Å². The van der Waals surface area contributed by atoms with Crippen molar-refractivity contribution in [2.24, 2.45) is 5.92 Å². The summed E-state index contributed by atoms with van der Waals surface area (Å²) in [6, 6.07) is 4.72. The molecule has 2 rings (SSSR count). The second-order valence-electron chi connectivity index (χ2n) is 4.75. The van der Waals surface area contributed by atoms with E-state index < -0.39 is 22.1 Å². The Hall–Kier alpha value is -0.830. The Morgan fingerprint density at radius 2 is 2.00 bits per heavy atom. The van der Waals surface area contributed by atoms with Gasteiger partial charge in [-0.15, -0.1) is 0 Å². The standard InChI is InChI=1S/C12H14BrClN2O4S/c13-10-7-9(1-2-11(10)14)15-21(19,20)16-5-3-8(4-6-16)12(17)18/h1-2,7-8,15H,3-6H2,(H,17,18). The van der Waals surface area contributed by atoms with Crippen LogP contribution in [0.4, 0.5) is 5.69 Å². The van der Waals surface area contributed by atoms with Crippen molar-refractivity contribution >= 4 is 49.4 Å². The van der Waals surface area contributed by atoms with E-state index in [1.807, 2.05) is 0 Å². The fourth-order valence-corrected chi connectivity index (χ4v) is 3.86. The molecule has 21 heavy (non-hydrogen) atoms. The molecule has 0 saturated carbocycles. The van der Waals surface area contributed by atoms with Crippen molar-refractivity contribution in [3.63, 3.8) is 0 Å². The van der Waals surface area contributed by atoms with Crippen LogP contribution < -0.4 is 4.72 Å². The molecule has 0 amide bonds. The zero-order chi connectivity index (χ0) is 15.6. The molecule has 0 unspecified atom stereocenters. The van der Waals surface area contributed by atoms with Gasteiger partial charge in [0, 0.05) is 17.6 Å². The summed E-state index contributed by atoms with van der Waals surface area (Å²) >= 11 is 9.08. The Bertz CT molecular complexity index is 645. The van der Waals surface area contributed by atoms with Gasteiger partial charge in [-0.2, -0.15) is 12.7 Å². The van der Waals surface area contributed by atoms with Gasteiger partial charge < -0.3 is 5.11 Å². The summed E-state index contributed by atoms with van der Waals surface area (Å²) < 4.78 is 28.8. The van der Waals surface area contributed by atoms with Crippen molar-refractivity contribution < 1.29 is 18.3 Å². The van der Waals surface area contributed by atoms with E-state index in [2.05, 4.69) is 20.7 Å². The largest absolute Gasteiger partial charge is 0.481 e. The number of carboxylic acid groups (broad SMARTS) is 1. The zero-order valence-electron chi connectivity index (χ0n) is 10.9. The van der Waals surface area contributed by atoms with Crippen molar-refractivity contribution in [1.29, 1.82) is 0 Å². The number of halogens is 2. The van der Waals surface area contributed by atoms with Crippen molar-refractivity contribution in [3.8, 4) is 0 Å². The van der Waals surface area contributed by atoms with Crippen LogP contribution in [-0.4, -0.2) is 36.9 Å². The molecule has 116 valence electrons. The highest BCUT2D eigenvalue weighted by atomic mass is 79.9. The normalized spacial score (nSPS) is 17.6. The molecule has 2 N–H and O–H groups in total. The minimum absolute atomic E-state index is 0.195. The molecule has 6 nitrogen and oxygen atoms in total. The maximum Gasteiger partial charge on any atom is 0.306 e. The molecule has 0 spiro atoms. The van der Waals surface area contributed by atoms with Gasteiger partial charge in [-0.25, -0.2) is 0 Å². The maximum absolute atomic E-state index is 12.2. The highest BCUT2D eigenvalue weighted by Crippen LogP contribution is 2.27. The fourth-order valence-electron chi connectivity index (χ4n) is 2.12. The van der Waals surface area contributed by atoms with Gasteiger partial charge in [-0.05, 0) is 47.0 Å². The summed E-state index contributed by atoms with van der Waals surface area (Å²) in [5, 5.41) is 9.40. The van der Waals surface area contributed by atoms with E-state index >= 15 is 0 Å². The smallest absolute Gasteiger partial charge is 0.306 e. The first kappa shape index (κ1) is 16.5. The molecule has 0 atom stereocenters. The molecule has 0 aromatic heterocycles. The molecule has 1 aromatic rings. The zero-order valence-corrected chi connectivity index (χ0v) is 14.1. The number of nitrogens with one attached hydrogen (secondary N) is 1. The van der Waals surface area contributed by atoms with Crippen LogP contribution in [0.15, 0.2) is 22.7 Å². The molecule has 1 aromatic carbocycles. The number of piperidine rings is 1. The third-order valence-corrected chi connectivity index (χ3v) is 6.06. The van der Waals surface area contributed by atoms with Gasteiger partial charge >= 0.3 is 16.2 Å². The van der Waals surface area contributed by atoms with Crippen molar-refractivity contribution in [2.75, 3.05) is 17.8 Å². The highest BCUT2D eigenvalue weighted by Gasteiger charge is 2.30. The molecule has 1 saturated heterocycles. The fraction of sp³-hybridized carbons (Fsp3) is 0.417. The van der Waals surface area contributed by atoms with Crippen LogP contribution in [0, 0.1) is 5.92 Å². The van der Waals surface area contributed by atoms with Gasteiger partial charge in [-0.1, -0.05) is 11.6 Å². The summed E-state index contributed by atoms with van der Waals surface area (Å²) in [6.45, 7) is 0.391. The Morgan fingerprint density at radius 1 is 1.38 bits per heavy atom. The third-order valence-electron chi connectivity index (χ3n) is 3.31. The van der Waals surface area contributed by atoms with E-state index in [0.717, 1.165) is 0 Å². The minimum Gasteiger partial charge on any atom is -0.481 e. The molecule has 0 bridgehead atoms. The molecule has 0 aliphatic carbocycles. The SMILES string of the molecule is O=C(O)C1CCN(S(=O)(=O)Nc2ccc(Cl)c(Br)c2)CC1. The van der Waals surface area contributed by atoms with Crippen LogP contribution >= 0.6 is 27.5 Å². The van der Waals surface area contributed by atoms with Crippen LogP contribution in [0.1, 0.15) is 12.8 Å². The lowest BCUT2D eigenvalue weighted by Gasteiger charge is -2.29. The van der Waals surface area contributed by atoms with Gasteiger partial charge in [0.2, 0.25) is 0 Å². The van der Waals surface area contributed by atoms with Crippen LogP contribution in [0.5, 0.6) is 0 Å². The molecule has 1 aliphatic rings. The molecular weight excluding hydrogens is 384 g/mol. The number of aliphatic carboxylic acids is 1. The number of carbonyl (C=O) groups is 1. The van der Waals surface area contributed by atoms with Gasteiger partial charge in [0.25, 0.3) is 0 Å². The van der Waals surface area contributed by atoms with Crippen LogP contribution in [0.25, 0.3) is 0 Å². The van der Waals surface area contributed by atoms with Crippen molar-refractivity contribution in [1.82, 2.24) is 4.31 Å². The maximum atomic E-state index is 12.2. The second-order valence-corrected chi connectivity index (χ2v) is 7.68. The third kappa shape index (κ3) is 4.09. The number of nitrogens with zero attached hydrogens (tertiary/aromatic N) is 1. The van der Waals surface area contributed by atoms with E-state index in [4.69, 9.17) is 16.7 Å². The van der Waals surface area contributed by atoms with Gasteiger partial charge in [0.1, 0.15) is 0 Å². The minimum atomic E-state index is -3.69. The Morgan fingerprint density at radius 3 is 2.52 bits per heavy atom. The summed E-state index contributed by atoms with van der Waals surface area (Å²) in [7, 11) is -3.69. The van der Waals surface area contributed by atoms with Crippen molar-refractivity contribution in [2.45, 2.75) is 12.8 Å². The molecule has 1 fully saturated rings. The second kappa shape index (κ2) is 6.51. The lowest BCUT2D eigenvalue weighted by Crippen LogP contribution is -2.42. The average molecular weight is 398 g/mol. The molecule has 1 aliphatic heterocycles. The van der Waals surface area contributed by atoms with E-state index in [-0.39, 0.29) is 13.1 Å². The van der Waals surface area contributed by atoms with Gasteiger partial charge in [-0.3, -0.25) is 9.52 Å². The van der Waals surface area contributed by atoms with E-state index in [9.17, 15) is 13.2 Å². The number of hydrogen-bond donors (Lipinski definition) is 2. The number of hydrogen-bond acceptors (Lipinski definition) is 3. The van der Waals surface area contributed by atoms with Crippen molar-refractivity contribution in [3.05, 3.63) is 27.7 Å².